The Balaban J connectivity index is 1.65. The zero-order chi connectivity index (χ0) is 13.9. The Labute approximate surface area is 126 Å². The lowest BCUT2D eigenvalue weighted by Crippen LogP contribution is -2.29. The number of nitrogens with one attached hydrogen (secondary N) is 2. The van der Waals surface area contributed by atoms with Gasteiger partial charge in [-0.1, -0.05) is 52.3 Å². The van der Waals surface area contributed by atoms with Crippen molar-refractivity contribution in [2.45, 2.75) is 12.5 Å². The second kappa shape index (κ2) is 5.77. The molecule has 3 rings (SSSR count). The van der Waals surface area contributed by atoms with E-state index in [2.05, 4.69) is 38.7 Å². The third-order valence-corrected chi connectivity index (χ3v) is 3.94. The Hall–Kier alpha value is -1.65. The summed E-state index contributed by atoms with van der Waals surface area (Å²) in [6.45, 7) is 0.775. The molecular weight excluding hydrogens is 316 g/mol. The molecule has 1 heterocycles. The molecule has 0 aromatic heterocycles. The van der Waals surface area contributed by atoms with Crippen LogP contribution in [0, 0.1) is 0 Å². The van der Waals surface area contributed by atoms with Gasteiger partial charge in [-0.15, -0.1) is 0 Å². The highest BCUT2D eigenvalue weighted by atomic mass is 79.9. The van der Waals surface area contributed by atoms with E-state index in [0.29, 0.717) is 0 Å². The van der Waals surface area contributed by atoms with Crippen LogP contribution in [-0.2, 0) is 11.2 Å². The Morgan fingerprint density at radius 3 is 2.75 bits per heavy atom. The molecule has 0 fully saturated rings. The van der Waals surface area contributed by atoms with Crippen molar-refractivity contribution < 1.29 is 4.79 Å². The minimum atomic E-state index is -0.248. The molecule has 0 saturated heterocycles. The maximum absolute atomic E-state index is 12.0. The maximum Gasteiger partial charge on any atom is 0.246 e. The number of benzene rings is 2. The molecule has 20 heavy (non-hydrogen) atoms. The quantitative estimate of drug-likeness (QED) is 0.903. The SMILES string of the molecule is O=C1Nc2cc(Br)ccc2C1NCCc1ccccc1. The van der Waals surface area contributed by atoms with Gasteiger partial charge >= 0.3 is 0 Å². The minimum Gasteiger partial charge on any atom is -0.324 e. The van der Waals surface area contributed by atoms with Crippen molar-refractivity contribution in [3.05, 3.63) is 64.1 Å². The number of hydrogen-bond donors (Lipinski definition) is 2. The van der Waals surface area contributed by atoms with E-state index in [0.717, 1.165) is 28.7 Å². The zero-order valence-electron chi connectivity index (χ0n) is 10.9. The standard InChI is InChI=1S/C16H15BrN2O/c17-12-6-7-13-14(10-12)19-16(20)15(13)18-9-8-11-4-2-1-3-5-11/h1-7,10,15,18H,8-9H2,(H,19,20). The highest BCUT2D eigenvalue weighted by molar-refractivity contribution is 9.10. The first-order valence-corrected chi connectivity index (χ1v) is 7.41. The Bertz CT molecular complexity index is 628. The second-order valence-electron chi connectivity index (χ2n) is 4.84. The fraction of sp³-hybridized carbons (Fsp3) is 0.188. The van der Waals surface area contributed by atoms with E-state index in [1.54, 1.807) is 0 Å². The lowest BCUT2D eigenvalue weighted by atomic mass is 10.1. The van der Waals surface area contributed by atoms with Crippen LogP contribution in [0.1, 0.15) is 17.2 Å². The van der Waals surface area contributed by atoms with Gasteiger partial charge in [-0.2, -0.15) is 0 Å². The van der Waals surface area contributed by atoms with Gasteiger partial charge in [0.1, 0.15) is 6.04 Å². The Kier molecular flexibility index (Phi) is 3.85. The smallest absolute Gasteiger partial charge is 0.246 e. The highest BCUT2D eigenvalue weighted by Gasteiger charge is 2.29. The Morgan fingerprint density at radius 2 is 1.95 bits per heavy atom. The lowest BCUT2D eigenvalue weighted by molar-refractivity contribution is -0.117. The average Bonchev–Trinajstić information content (AvgIpc) is 2.75. The molecule has 0 radical (unpaired) electrons. The van der Waals surface area contributed by atoms with Gasteiger partial charge in [0.25, 0.3) is 0 Å². The molecule has 4 heteroatoms. The van der Waals surface area contributed by atoms with E-state index >= 15 is 0 Å². The molecule has 2 aromatic rings. The molecule has 1 aliphatic heterocycles. The van der Waals surface area contributed by atoms with Crippen molar-refractivity contribution in [2.24, 2.45) is 0 Å². The summed E-state index contributed by atoms with van der Waals surface area (Å²) < 4.78 is 0.974. The predicted molar refractivity (Wildman–Crippen MR) is 83.7 cm³/mol. The largest absolute Gasteiger partial charge is 0.324 e. The molecule has 102 valence electrons. The third kappa shape index (κ3) is 2.76. The van der Waals surface area contributed by atoms with Gasteiger partial charge in [-0.3, -0.25) is 4.79 Å². The normalized spacial score (nSPS) is 16.9. The predicted octanol–water partition coefficient (Wildman–Crippen LogP) is 3.27. The molecular formula is C16H15BrN2O. The van der Waals surface area contributed by atoms with Gasteiger partial charge in [0.05, 0.1) is 0 Å². The van der Waals surface area contributed by atoms with Crippen LogP contribution in [0.4, 0.5) is 5.69 Å². The van der Waals surface area contributed by atoms with Crippen molar-refractivity contribution in [3.8, 4) is 0 Å². The van der Waals surface area contributed by atoms with Gasteiger partial charge in [0.2, 0.25) is 5.91 Å². The molecule has 0 saturated carbocycles. The number of amides is 1. The van der Waals surface area contributed by atoms with Crippen molar-refractivity contribution in [1.82, 2.24) is 5.32 Å². The third-order valence-electron chi connectivity index (χ3n) is 3.45. The van der Waals surface area contributed by atoms with E-state index < -0.39 is 0 Å². The van der Waals surface area contributed by atoms with Crippen LogP contribution in [0.15, 0.2) is 53.0 Å². The summed E-state index contributed by atoms with van der Waals surface area (Å²) in [5, 5.41) is 6.23. The molecule has 2 N–H and O–H groups in total. The van der Waals surface area contributed by atoms with E-state index in [4.69, 9.17) is 0 Å². The van der Waals surface area contributed by atoms with E-state index in [1.165, 1.54) is 5.56 Å². The van der Waals surface area contributed by atoms with Crippen LogP contribution in [0.3, 0.4) is 0 Å². The van der Waals surface area contributed by atoms with Crippen molar-refractivity contribution in [2.75, 3.05) is 11.9 Å². The van der Waals surface area contributed by atoms with E-state index in [-0.39, 0.29) is 11.9 Å². The fourth-order valence-corrected chi connectivity index (χ4v) is 2.80. The number of carbonyl (C=O) groups excluding carboxylic acids is 1. The Morgan fingerprint density at radius 1 is 1.15 bits per heavy atom. The van der Waals surface area contributed by atoms with Crippen molar-refractivity contribution in [3.63, 3.8) is 0 Å². The first kappa shape index (κ1) is 13.3. The molecule has 3 nitrogen and oxygen atoms in total. The molecule has 1 atom stereocenters. The van der Waals surface area contributed by atoms with Crippen LogP contribution >= 0.6 is 15.9 Å². The fourth-order valence-electron chi connectivity index (χ4n) is 2.44. The second-order valence-corrected chi connectivity index (χ2v) is 5.76. The van der Waals surface area contributed by atoms with Gasteiger partial charge < -0.3 is 10.6 Å². The number of halogens is 1. The molecule has 2 aromatic carbocycles. The summed E-state index contributed by atoms with van der Waals surface area (Å²) in [4.78, 5) is 12.0. The number of rotatable bonds is 4. The van der Waals surface area contributed by atoms with Crippen LogP contribution in [0.25, 0.3) is 0 Å². The van der Waals surface area contributed by atoms with Gasteiger partial charge in [0, 0.05) is 22.3 Å². The van der Waals surface area contributed by atoms with Gasteiger partial charge in [-0.05, 0) is 24.1 Å². The van der Waals surface area contributed by atoms with Crippen LogP contribution in [0.2, 0.25) is 0 Å². The summed E-state index contributed by atoms with van der Waals surface area (Å²) >= 11 is 3.42. The van der Waals surface area contributed by atoms with Crippen LogP contribution < -0.4 is 10.6 Å². The number of hydrogen-bond acceptors (Lipinski definition) is 2. The summed E-state index contributed by atoms with van der Waals surface area (Å²) in [6.07, 6.45) is 0.913. The number of fused-ring (bicyclic) bond motifs is 1. The first-order chi connectivity index (χ1) is 9.74. The minimum absolute atomic E-state index is 0.0196. The molecule has 0 spiro atoms. The lowest BCUT2D eigenvalue weighted by Gasteiger charge is -2.11. The van der Waals surface area contributed by atoms with Gasteiger partial charge in [0.15, 0.2) is 0 Å². The number of carbonyl (C=O) groups is 1. The van der Waals surface area contributed by atoms with Gasteiger partial charge in [-0.25, -0.2) is 0 Å². The topological polar surface area (TPSA) is 41.1 Å². The molecule has 1 unspecified atom stereocenters. The first-order valence-electron chi connectivity index (χ1n) is 6.61. The number of anilines is 1. The molecule has 0 aliphatic carbocycles. The van der Waals surface area contributed by atoms with E-state index in [9.17, 15) is 4.79 Å². The summed E-state index contributed by atoms with van der Waals surface area (Å²) in [5.41, 5.74) is 3.18. The summed E-state index contributed by atoms with van der Waals surface area (Å²) in [7, 11) is 0. The van der Waals surface area contributed by atoms with Crippen molar-refractivity contribution in [1.29, 1.82) is 0 Å². The zero-order valence-corrected chi connectivity index (χ0v) is 12.5. The summed E-state index contributed by atoms with van der Waals surface area (Å²) in [6, 6.07) is 15.9. The maximum atomic E-state index is 12.0. The summed E-state index contributed by atoms with van der Waals surface area (Å²) in [5.74, 6) is 0.0196. The van der Waals surface area contributed by atoms with Crippen molar-refractivity contribution >= 4 is 27.5 Å². The monoisotopic (exact) mass is 330 g/mol. The van der Waals surface area contributed by atoms with Crippen LogP contribution in [-0.4, -0.2) is 12.5 Å². The molecule has 0 bridgehead atoms. The molecule has 1 amide bonds. The highest BCUT2D eigenvalue weighted by Crippen LogP contribution is 2.32. The molecule has 1 aliphatic rings. The van der Waals surface area contributed by atoms with Crippen LogP contribution in [0.5, 0.6) is 0 Å². The average molecular weight is 331 g/mol. The van der Waals surface area contributed by atoms with E-state index in [1.807, 2.05) is 36.4 Å².